The van der Waals surface area contributed by atoms with Crippen LogP contribution in [0.3, 0.4) is 0 Å². The van der Waals surface area contributed by atoms with E-state index in [0.717, 1.165) is 11.1 Å². The van der Waals surface area contributed by atoms with Gasteiger partial charge in [-0.25, -0.2) is 8.42 Å². The number of carbonyl (C=O) groups is 2. The van der Waals surface area contributed by atoms with Crippen molar-refractivity contribution in [2.45, 2.75) is 30.4 Å². The van der Waals surface area contributed by atoms with Gasteiger partial charge in [0.25, 0.3) is 0 Å². The van der Waals surface area contributed by atoms with Crippen LogP contribution in [0.25, 0.3) is 0 Å². The normalized spacial score (nSPS) is 12.2. The number of aryl methyl sites for hydroxylation is 2. The van der Waals surface area contributed by atoms with E-state index in [-0.39, 0.29) is 10.5 Å². The second-order valence-electron chi connectivity index (χ2n) is 7.44. The van der Waals surface area contributed by atoms with Crippen LogP contribution >= 0.6 is 0 Å². The SMILES string of the molecule is COc1cccc(C(=O)C[C@@H](C(=O)c2ccc(C)cc2)S(=O)(=O)c2ccc(C)cc2)c1. The van der Waals surface area contributed by atoms with Crippen molar-refractivity contribution in [3.63, 3.8) is 0 Å². The first-order chi connectivity index (χ1) is 14.7. The average Bonchev–Trinajstić information content (AvgIpc) is 2.77. The highest BCUT2D eigenvalue weighted by Gasteiger charge is 2.36. The molecule has 160 valence electrons. The number of Topliss-reactive ketones (excluding diaryl/α,β-unsaturated/α-hetero) is 2. The maximum absolute atomic E-state index is 13.4. The van der Waals surface area contributed by atoms with E-state index in [1.54, 1.807) is 54.6 Å². The van der Waals surface area contributed by atoms with Gasteiger partial charge in [-0.1, -0.05) is 59.7 Å². The summed E-state index contributed by atoms with van der Waals surface area (Å²) in [7, 11) is -2.61. The zero-order valence-corrected chi connectivity index (χ0v) is 18.5. The van der Waals surface area contributed by atoms with Crippen LogP contribution in [-0.4, -0.2) is 32.3 Å². The monoisotopic (exact) mass is 436 g/mol. The fourth-order valence-corrected chi connectivity index (χ4v) is 4.85. The van der Waals surface area contributed by atoms with Gasteiger partial charge in [-0.2, -0.15) is 0 Å². The van der Waals surface area contributed by atoms with Crippen LogP contribution < -0.4 is 4.74 Å². The van der Waals surface area contributed by atoms with E-state index in [9.17, 15) is 18.0 Å². The van der Waals surface area contributed by atoms with E-state index in [2.05, 4.69) is 0 Å². The minimum absolute atomic E-state index is 0.0157. The summed E-state index contributed by atoms with van der Waals surface area (Å²) in [5.74, 6) is -0.564. The summed E-state index contributed by atoms with van der Waals surface area (Å²) in [6, 6.07) is 19.4. The molecule has 0 spiro atoms. The largest absolute Gasteiger partial charge is 0.497 e. The summed E-state index contributed by atoms with van der Waals surface area (Å²) in [5.41, 5.74) is 2.39. The molecule has 3 rings (SSSR count). The van der Waals surface area contributed by atoms with Crippen LogP contribution in [0.4, 0.5) is 0 Å². The summed E-state index contributed by atoms with van der Waals surface area (Å²) in [6.45, 7) is 3.72. The Bertz CT molecular complexity index is 1190. The van der Waals surface area contributed by atoms with E-state index in [4.69, 9.17) is 4.74 Å². The average molecular weight is 437 g/mol. The quantitative estimate of drug-likeness (QED) is 0.482. The molecule has 0 aromatic heterocycles. The third-order valence-corrected chi connectivity index (χ3v) is 7.17. The number of carbonyl (C=O) groups excluding carboxylic acids is 2. The Morgan fingerprint density at radius 2 is 1.42 bits per heavy atom. The lowest BCUT2D eigenvalue weighted by Gasteiger charge is -2.17. The van der Waals surface area contributed by atoms with Crippen molar-refractivity contribution in [3.05, 3.63) is 95.1 Å². The summed E-state index contributed by atoms with van der Waals surface area (Å²) >= 11 is 0. The van der Waals surface area contributed by atoms with Crippen molar-refractivity contribution in [2.24, 2.45) is 0 Å². The molecule has 0 saturated carbocycles. The van der Waals surface area contributed by atoms with E-state index in [1.807, 2.05) is 13.8 Å². The summed E-state index contributed by atoms with van der Waals surface area (Å²) < 4.78 is 32.0. The molecule has 0 radical (unpaired) electrons. The summed E-state index contributed by atoms with van der Waals surface area (Å²) in [4.78, 5) is 26.3. The van der Waals surface area contributed by atoms with Crippen molar-refractivity contribution < 1.29 is 22.7 Å². The number of sulfone groups is 1. The minimum atomic E-state index is -4.10. The van der Waals surface area contributed by atoms with E-state index >= 15 is 0 Å². The first kappa shape index (κ1) is 22.4. The molecule has 0 bridgehead atoms. The van der Waals surface area contributed by atoms with E-state index in [0.29, 0.717) is 11.3 Å². The van der Waals surface area contributed by atoms with E-state index < -0.39 is 33.1 Å². The van der Waals surface area contributed by atoms with Crippen molar-refractivity contribution in [1.82, 2.24) is 0 Å². The van der Waals surface area contributed by atoms with Gasteiger partial charge in [0.1, 0.15) is 11.0 Å². The van der Waals surface area contributed by atoms with Crippen molar-refractivity contribution >= 4 is 21.4 Å². The standard InChI is InChI=1S/C25H24O5S/c1-17-7-11-19(12-8-17)25(27)24(31(28,29)22-13-9-18(2)10-14-22)16-23(26)20-5-4-6-21(15-20)30-3/h4-15,24H,16H2,1-3H3/t24-/m0/s1. The molecule has 5 nitrogen and oxygen atoms in total. The molecule has 0 amide bonds. The fraction of sp³-hybridized carbons (Fsp3) is 0.200. The lowest BCUT2D eigenvalue weighted by atomic mass is 10.0. The first-order valence-electron chi connectivity index (χ1n) is 9.81. The van der Waals surface area contributed by atoms with Gasteiger partial charge < -0.3 is 4.74 Å². The molecule has 6 heteroatoms. The minimum Gasteiger partial charge on any atom is -0.497 e. The third-order valence-electron chi connectivity index (χ3n) is 5.12. The van der Waals surface area contributed by atoms with Gasteiger partial charge in [0.05, 0.1) is 12.0 Å². The highest BCUT2D eigenvalue weighted by molar-refractivity contribution is 7.92. The summed E-state index contributed by atoms with van der Waals surface area (Å²) in [5, 5.41) is -1.53. The van der Waals surface area contributed by atoms with Crippen LogP contribution in [0.1, 0.15) is 38.3 Å². The van der Waals surface area contributed by atoms with Crippen LogP contribution in [-0.2, 0) is 9.84 Å². The Labute approximate surface area is 182 Å². The Kier molecular flexibility index (Phi) is 6.71. The second kappa shape index (κ2) is 9.27. The lowest BCUT2D eigenvalue weighted by Crippen LogP contribution is -2.33. The van der Waals surface area contributed by atoms with Crippen molar-refractivity contribution in [1.29, 1.82) is 0 Å². The number of methoxy groups -OCH3 is 1. The zero-order chi connectivity index (χ0) is 22.6. The van der Waals surface area contributed by atoms with Gasteiger partial charge in [0.2, 0.25) is 0 Å². The Morgan fingerprint density at radius 3 is 2.00 bits per heavy atom. The van der Waals surface area contributed by atoms with Crippen LogP contribution in [0.2, 0.25) is 0 Å². The van der Waals surface area contributed by atoms with Crippen molar-refractivity contribution in [3.8, 4) is 5.75 Å². The highest BCUT2D eigenvalue weighted by atomic mass is 32.2. The number of benzene rings is 3. The molecule has 0 aliphatic carbocycles. The molecule has 0 aliphatic rings. The number of hydrogen-bond acceptors (Lipinski definition) is 5. The molecule has 31 heavy (non-hydrogen) atoms. The fourth-order valence-electron chi connectivity index (χ4n) is 3.22. The molecular formula is C25H24O5S. The number of hydrogen-bond donors (Lipinski definition) is 0. The molecule has 1 atom stereocenters. The van der Waals surface area contributed by atoms with Gasteiger partial charge in [-0.3, -0.25) is 9.59 Å². The smallest absolute Gasteiger partial charge is 0.189 e. The molecule has 3 aromatic rings. The summed E-state index contributed by atoms with van der Waals surface area (Å²) in [6.07, 6.45) is -0.462. The molecule has 0 N–H and O–H groups in total. The lowest BCUT2D eigenvalue weighted by molar-refractivity contribution is 0.0920. The van der Waals surface area contributed by atoms with Crippen LogP contribution in [0.5, 0.6) is 5.75 Å². The molecule has 0 unspecified atom stereocenters. The van der Waals surface area contributed by atoms with Gasteiger partial charge in [-0.15, -0.1) is 0 Å². The van der Waals surface area contributed by atoms with Crippen molar-refractivity contribution in [2.75, 3.05) is 7.11 Å². The molecular weight excluding hydrogens is 412 g/mol. The van der Waals surface area contributed by atoms with Gasteiger partial charge in [0, 0.05) is 17.5 Å². The van der Waals surface area contributed by atoms with Gasteiger partial charge in [0.15, 0.2) is 21.4 Å². The van der Waals surface area contributed by atoms with Crippen LogP contribution in [0, 0.1) is 13.8 Å². The first-order valence-corrected chi connectivity index (χ1v) is 11.4. The molecule has 0 fully saturated rings. The van der Waals surface area contributed by atoms with Crippen LogP contribution in [0.15, 0.2) is 77.7 Å². The Hall–Kier alpha value is -3.25. The zero-order valence-electron chi connectivity index (χ0n) is 17.7. The molecule has 0 heterocycles. The molecule has 3 aromatic carbocycles. The predicted octanol–water partition coefficient (Wildman–Crippen LogP) is 4.61. The third kappa shape index (κ3) is 5.09. The highest BCUT2D eigenvalue weighted by Crippen LogP contribution is 2.25. The van der Waals surface area contributed by atoms with Gasteiger partial charge >= 0.3 is 0 Å². The second-order valence-corrected chi connectivity index (χ2v) is 9.57. The Balaban J connectivity index is 2.02. The maximum Gasteiger partial charge on any atom is 0.189 e. The predicted molar refractivity (Wildman–Crippen MR) is 120 cm³/mol. The molecule has 0 aliphatic heterocycles. The maximum atomic E-state index is 13.4. The number of ketones is 2. The van der Waals surface area contributed by atoms with Gasteiger partial charge in [-0.05, 0) is 38.1 Å². The topological polar surface area (TPSA) is 77.5 Å². The van der Waals surface area contributed by atoms with E-state index in [1.165, 1.54) is 25.3 Å². The number of ether oxygens (including phenoxy) is 1. The number of rotatable bonds is 8. The molecule has 0 saturated heterocycles. The Morgan fingerprint density at radius 1 is 0.839 bits per heavy atom.